The van der Waals surface area contributed by atoms with Gasteiger partial charge in [-0.1, -0.05) is 29.3 Å². The third-order valence-electron chi connectivity index (χ3n) is 3.16. The average Bonchev–Trinajstić information content (AvgIpc) is 2.43. The minimum absolute atomic E-state index is 0. The van der Waals surface area contributed by atoms with E-state index in [2.05, 4.69) is 0 Å². The maximum atomic E-state index is 11.5. The van der Waals surface area contributed by atoms with E-state index in [0.29, 0.717) is 5.56 Å². The summed E-state index contributed by atoms with van der Waals surface area (Å²) in [4.78, 5) is 11.4. The lowest BCUT2D eigenvalue weighted by atomic mass is 10.2. The van der Waals surface area contributed by atoms with Crippen LogP contribution in [-0.4, -0.2) is 25.1 Å². The highest BCUT2D eigenvalue weighted by molar-refractivity contribution is 8.93. The van der Waals surface area contributed by atoms with Crippen LogP contribution in [0.3, 0.4) is 0 Å². The number of nitrogens with one attached hydrogen (secondary N) is 1. The summed E-state index contributed by atoms with van der Waals surface area (Å²) in [6, 6.07) is 5.64. The Morgan fingerprint density at radius 2 is 1.92 bits per heavy atom. The molecule has 0 fully saturated rings. The predicted octanol–water partition coefficient (Wildman–Crippen LogP) is 2.40. The van der Waals surface area contributed by atoms with Crippen molar-refractivity contribution >= 4 is 55.9 Å². The summed E-state index contributed by atoms with van der Waals surface area (Å²) < 4.78 is 24.4. The molecule has 2 rings (SSSR count). The summed E-state index contributed by atoms with van der Waals surface area (Å²) in [6.45, 7) is 0.141. The molecule has 0 aliphatic rings. The monoisotopic (exact) mass is 453 g/mol. The van der Waals surface area contributed by atoms with Gasteiger partial charge in [0.2, 0.25) is 0 Å². The molecular formula is C14H14BrCl2N3O3S. The Bertz CT molecular complexity index is 958. The fourth-order valence-electron chi connectivity index (χ4n) is 1.99. The van der Waals surface area contributed by atoms with E-state index in [4.69, 9.17) is 34.3 Å². The summed E-state index contributed by atoms with van der Waals surface area (Å²) >= 11 is 12.0. The minimum atomic E-state index is -3.36. The Kier molecular flexibility index (Phi) is 6.63. The van der Waals surface area contributed by atoms with E-state index in [9.17, 15) is 13.2 Å². The van der Waals surface area contributed by atoms with Crippen LogP contribution in [-0.2, 0) is 16.4 Å². The number of benzene rings is 1. The van der Waals surface area contributed by atoms with Crippen LogP contribution in [0.4, 0.5) is 0 Å². The van der Waals surface area contributed by atoms with E-state index in [-0.39, 0.29) is 49.5 Å². The smallest absolute Gasteiger partial charge is 0.252 e. The van der Waals surface area contributed by atoms with Crippen LogP contribution in [0.15, 0.2) is 35.4 Å². The summed E-state index contributed by atoms with van der Waals surface area (Å²) in [7, 11) is -3.36. The molecule has 0 saturated carbocycles. The van der Waals surface area contributed by atoms with Crippen LogP contribution in [0, 0.1) is 5.41 Å². The first kappa shape index (κ1) is 20.7. The molecule has 0 aliphatic carbocycles. The second-order valence-electron chi connectivity index (χ2n) is 4.94. The largest absolute Gasteiger partial charge is 0.365 e. The van der Waals surface area contributed by atoms with E-state index >= 15 is 0 Å². The van der Waals surface area contributed by atoms with Crippen molar-refractivity contribution in [2.45, 2.75) is 11.4 Å². The molecule has 130 valence electrons. The fourth-order valence-corrected chi connectivity index (χ4v) is 3.17. The summed E-state index contributed by atoms with van der Waals surface area (Å²) in [6.07, 6.45) is 2.56. The highest BCUT2D eigenvalue weighted by Gasteiger charge is 2.12. The van der Waals surface area contributed by atoms with Crippen molar-refractivity contribution in [2.24, 2.45) is 5.73 Å². The Hall–Kier alpha value is -1.35. The number of primary amides is 1. The molecule has 3 N–H and O–H groups in total. The number of hydrogen-bond donors (Lipinski definition) is 2. The van der Waals surface area contributed by atoms with Crippen molar-refractivity contribution in [1.29, 1.82) is 5.41 Å². The van der Waals surface area contributed by atoms with Crippen molar-refractivity contribution in [2.75, 3.05) is 6.26 Å². The van der Waals surface area contributed by atoms with E-state index in [1.165, 1.54) is 29.0 Å². The summed E-state index contributed by atoms with van der Waals surface area (Å²) in [5.41, 5.74) is 5.68. The minimum Gasteiger partial charge on any atom is -0.365 e. The van der Waals surface area contributed by atoms with Gasteiger partial charge in [-0.05, 0) is 23.8 Å². The lowest BCUT2D eigenvalue weighted by molar-refractivity contribution is 0.0997. The number of carbonyl (C=O) groups excluding carboxylic acids is 1. The molecule has 1 amide bonds. The first-order chi connectivity index (χ1) is 10.6. The van der Waals surface area contributed by atoms with Crippen LogP contribution >= 0.6 is 40.2 Å². The number of pyridine rings is 1. The Morgan fingerprint density at radius 1 is 1.29 bits per heavy atom. The molecule has 2 aromatic rings. The number of aromatic nitrogens is 1. The zero-order valence-corrected chi connectivity index (χ0v) is 16.5. The second-order valence-corrected chi connectivity index (χ2v) is 7.80. The topological polar surface area (TPSA) is 106 Å². The van der Waals surface area contributed by atoms with E-state index in [0.717, 1.165) is 6.26 Å². The normalized spacial score (nSPS) is 11.0. The molecule has 0 bridgehead atoms. The molecule has 24 heavy (non-hydrogen) atoms. The highest BCUT2D eigenvalue weighted by atomic mass is 79.9. The number of nitrogens with two attached hydrogens (primary N) is 1. The molecule has 0 atom stereocenters. The molecule has 1 aromatic carbocycles. The number of halogens is 3. The van der Waals surface area contributed by atoms with Crippen LogP contribution in [0.25, 0.3) is 0 Å². The standard InChI is InChI=1S/C14H13Cl2N3O3S.BrH/c1-23(21,22)10-3-2-8(12(16)5-10)6-19-7-9(15)4-11(13(19)17)14(18)20;/h2-5,7,17H,6H2,1H3,(H2,18,20);1H. The first-order valence-electron chi connectivity index (χ1n) is 6.32. The van der Waals surface area contributed by atoms with Crippen LogP contribution < -0.4 is 11.2 Å². The van der Waals surface area contributed by atoms with Gasteiger partial charge in [-0.3, -0.25) is 10.2 Å². The first-order valence-corrected chi connectivity index (χ1v) is 8.97. The zero-order chi connectivity index (χ0) is 17.4. The third-order valence-corrected chi connectivity index (χ3v) is 4.83. The second kappa shape index (κ2) is 7.69. The molecule has 0 radical (unpaired) electrons. The van der Waals surface area contributed by atoms with E-state index < -0.39 is 15.7 Å². The van der Waals surface area contributed by atoms with Crippen molar-refractivity contribution in [3.05, 3.63) is 57.1 Å². The third kappa shape index (κ3) is 4.60. The number of hydrogen-bond acceptors (Lipinski definition) is 4. The lowest BCUT2D eigenvalue weighted by Crippen LogP contribution is -2.29. The molecule has 0 aliphatic heterocycles. The Morgan fingerprint density at radius 3 is 2.42 bits per heavy atom. The SMILES string of the molecule is Br.CS(=O)(=O)c1ccc(Cn2cc(Cl)cc(C(N)=O)c2=N)c(Cl)c1. The molecule has 0 saturated heterocycles. The Balaban J connectivity index is 0.00000288. The number of rotatable bonds is 4. The lowest BCUT2D eigenvalue weighted by Gasteiger charge is -2.12. The number of sulfone groups is 1. The summed E-state index contributed by atoms with van der Waals surface area (Å²) in [5, 5.41) is 8.48. The molecule has 10 heteroatoms. The van der Waals surface area contributed by atoms with Crippen molar-refractivity contribution in [1.82, 2.24) is 4.57 Å². The fraction of sp³-hybridized carbons (Fsp3) is 0.143. The van der Waals surface area contributed by atoms with Gasteiger partial charge in [0.1, 0.15) is 5.49 Å². The van der Waals surface area contributed by atoms with Gasteiger partial charge >= 0.3 is 0 Å². The average molecular weight is 455 g/mol. The molecule has 1 aromatic heterocycles. The van der Waals surface area contributed by atoms with Gasteiger partial charge in [0.25, 0.3) is 5.91 Å². The number of nitrogens with zero attached hydrogens (tertiary/aromatic N) is 1. The van der Waals surface area contributed by atoms with Gasteiger partial charge in [-0.2, -0.15) is 0 Å². The quantitative estimate of drug-likeness (QED) is 0.740. The van der Waals surface area contributed by atoms with Gasteiger partial charge in [-0.25, -0.2) is 8.42 Å². The number of carbonyl (C=O) groups is 1. The zero-order valence-electron chi connectivity index (χ0n) is 12.4. The van der Waals surface area contributed by atoms with Gasteiger partial charge in [0.15, 0.2) is 9.84 Å². The van der Waals surface area contributed by atoms with Crippen molar-refractivity contribution < 1.29 is 13.2 Å². The van der Waals surface area contributed by atoms with Gasteiger partial charge in [-0.15, -0.1) is 17.0 Å². The van der Waals surface area contributed by atoms with Crippen LogP contribution in [0.5, 0.6) is 0 Å². The molecular weight excluding hydrogens is 441 g/mol. The van der Waals surface area contributed by atoms with Gasteiger partial charge < -0.3 is 10.3 Å². The molecule has 6 nitrogen and oxygen atoms in total. The van der Waals surface area contributed by atoms with E-state index in [1.54, 1.807) is 6.07 Å². The van der Waals surface area contributed by atoms with Gasteiger partial charge in [0.05, 0.1) is 22.0 Å². The summed E-state index contributed by atoms with van der Waals surface area (Å²) in [5.74, 6) is -0.759. The van der Waals surface area contributed by atoms with Crippen LogP contribution in [0.2, 0.25) is 10.0 Å². The van der Waals surface area contributed by atoms with E-state index in [1.807, 2.05) is 0 Å². The molecule has 0 unspecified atom stereocenters. The molecule has 0 spiro atoms. The predicted molar refractivity (Wildman–Crippen MR) is 97.8 cm³/mol. The van der Waals surface area contributed by atoms with Crippen LogP contribution in [0.1, 0.15) is 15.9 Å². The van der Waals surface area contributed by atoms with Crippen molar-refractivity contribution in [3.63, 3.8) is 0 Å². The van der Waals surface area contributed by atoms with Gasteiger partial charge in [0, 0.05) is 17.5 Å². The Labute approximate surface area is 159 Å². The maximum Gasteiger partial charge on any atom is 0.252 e. The molecule has 1 heterocycles. The van der Waals surface area contributed by atoms with Crippen molar-refractivity contribution in [3.8, 4) is 0 Å². The number of amides is 1. The maximum absolute atomic E-state index is 11.5. The highest BCUT2D eigenvalue weighted by Crippen LogP contribution is 2.22.